The molecule has 0 saturated heterocycles. The molecule has 168 valence electrons. The highest BCUT2D eigenvalue weighted by atomic mass is 16.5. The van der Waals surface area contributed by atoms with Gasteiger partial charge in [-0.3, -0.25) is 14.8 Å². The SMILES string of the molecule is Cc1ccc(CCc2cc(OC[C@H]3C[C@@H]3c3ccc4ccccc4n3)nn(C)c2=O)c(C)n1. The molecule has 0 unspecified atom stereocenters. The van der Waals surface area contributed by atoms with Gasteiger partial charge in [-0.25, -0.2) is 4.68 Å². The van der Waals surface area contributed by atoms with Crippen molar-refractivity contribution < 1.29 is 4.74 Å². The van der Waals surface area contributed by atoms with E-state index in [2.05, 4.69) is 40.4 Å². The first-order chi connectivity index (χ1) is 16.0. The van der Waals surface area contributed by atoms with Crippen molar-refractivity contribution in [3.05, 3.63) is 93.2 Å². The predicted octanol–water partition coefficient (Wildman–Crippen LogP) is 4.31. The van der Waals surface area contributed by atoms with E-state index < -0.39 is 0 Å². The number of benzene rings is 1. The van der Waals surface area contributed by atoms with Crippen LogP contribution in [0.5, 0.6) is 5.88 Å². The normalized spacial score (nSPS) is 17.3. The summed E-state index contributed by atoms with van der Waals surface area (Å²) in [7, 11) is 1.68. The van der Waals surface area contributed by atoms with Crippen LogP contribution >= 0.6 is 0 Å². The standard InChI is InChI=1S/C27H28N4O2/c1-17-8-9-19(18(2)28-17)10-11-21-15-26(30-31(3)27(21)32)33-16-22-14-23(22)25-13-12-20-6-4-5-7-24(20)29-25/h4-9,12-13,15,22-23H,10-11,14,16H2,1-3H3/t22-,23+/m1/s1. The van der Waals surface area contributed by atoms with Crippen molar-refractivity contribution in [3.63, 3.8) is 0 Å². The van der Waals surface area contributed by atoms with Gasteiger partial charge in [0.1, 0.15) is 0 Å². The molecule has 3 aromatic heterocycles. The van der Waals surface area contributed by atoms with Gasteiger partial charge in [-0.15, -0.1) is 5.10 Å². The van der Waals surface area contributed by atoms with Crippen LogP contribution in [0.1, 0.15) is 40.5 Å². The molecule has 6 nitrogen and oxygen atoms in total. The summed E-state index contributed by atoms with van der Waals surface area (Å²) in [4.78, 5) is 21.9. The Kier molecular flexibility index (Phi) is 5.67. The Morgan fingerprint density at radius 3 is 2.67 bits per heavy atom. The molecule has 1 fully saturated rings. The monoisotopic (exact) mass is 440 g/mol. The number of fused-ring (bicyclic) bond motifs is 1. The van der Waals surface area contributed by atoms with Crippen molar-refractivity contribution in [1.82, 2.24) is 19.7 Å². The molecule has 0 amide bonds. The molecule has 0 aliphatic heterocycles. The number of rotatable bonds is 7. The molecule has 1 aliphatic carbocycles. The third-order valence-corrected chi connectivity index (χ3v) is 6.48. The topological polar surface area (TPSA) is 69.9 Å². The molecule has 0 radical (unpaired) electrons. The van der Waals surface area contributed by atoms with E-state index in [1.165, 1.54) is 4.68 Å². The van der Waals surface area contributed by atoms with Gasteiger partial charge in [-0.1, -0.05) is 30.3 Å². The molecule has 4 aromatic rings. The minimum absolute atomic E-state index is 0.0789. The summed E-state index contributed by atoms with van der Waals surface area (Å²) in [5.41, 5.74) is 5.97. The first-order valence-corrected chi connectivity index (χ1v) is 11.5. The molecular weight excluding hydrogens is 412 g/mol. The Bertz CT molecular complexity index is 1380. The van der Waals surface area contributed by atoms with Crippen LogP contribution in [-0.4, -0.2) is 26.4 Å². The lowest BCUT2D eigenvalue weighted by Crippen LogP contribution is -2.24. The largest absolute Gasteiger partial charge is 0.476 e. The fraction of sp³-hybridized carbons (Fsp3) is 0.333. The lowest BCUT2D eigenvalue weighted by Gasteiger charge is -2.10. The van der Waals surface area contributed by atoms with Crippen LogP contribution in [0.15, 0.2) is 59.4 Å². The Morgan fingerprint density at radius 2 is 1.82 bits per heavy atom. The van der Waals surface area contributed by atoms with Crippen LogP contribution in [0.4, 0.5) is 0 Å². The maximum atomic E-state index is 12.6. The van der Waals surface area contributed by atoms with E-state index >= 15 is 0 Å². The molecule has 2 atom stereocenters. The van der Waals surface area contributed by atoms with Gasteiger partial charge < -0.3 is 4.74 Å². The van der Waals surface area contributed by atoms with Crippen molar-refractivity contribution in [1.29, 1.82) is 0 Å². The number of para-hydroxylation sites is 1. The quantitative estimate of drug-likeness (QED) is 0.428. The average molecular weight is 441 g/mol. The van der Waals surface area contributed by atoms with Gasteiger partial charge in [0.15, 0.2) is 0 Å². The Balaban J connectivity index is 1.23. The smallest absolute Gasteiger partial charge is 0.269 e. The van der Waals surface area contributed by atoms with E-state index in [0.717, 1.165) is 46.4 Å². The zero-order valence-corrected chi connectivity index (χ0v) is 19.3. The number of nitrogens with zero attached hydrogens (tertiary/aromatic N) is 4. The minimum atomic E-state index is -0.0789. The van der Waals surface area contributed by atoms with Crippen molar-refractivity contribution in [2.45, 2.75) is 39.0 Å². The molecular formula is C27H28N4O2. The lowest BCUT2D eigenvalue weighted by molar-refractivity contribution is 0.277. The average Bonchev–Trinajstić information content (AvgIpc) is 3.59. The number of aromatic nitrogens is 4. The van der Waals surface area contributed by atoms with Crippen molar-refractivity contribution in [2.75, 3.05) is 6.61 Å². The minimum Gasteiger partial charge on any atom is -0.476 e. The van der Waals surface area contributed by atoms with Gasteiger partial charge in [-0.05, 0) is 56.9 Å². The first-order valence-electron chi connectivity index (χ1n) is 11.5. The maximum absolute atomic E-state index is 12.6. The summed E-state index contributed by atoms with van der Waals surface area (Å²) in [6.45, 7) is 4.57. The number of hydrogen-bond acceptors (Lipinski definition) is 5. The molecule has 0 N–H and O–H groups in total. The first kappa shape index (κ1) is 21.3. The van der Waals surface area contributed by atoms with Crippen molar-refractivity contribution >= 4 is 10.9 Å². The Labute approximate surface area is 193 Å². The van der Waals surface area contributed by atoms with Crippen LogP contribution in [0.25, 0.3) is 10.9 Å². The van der Waals surface area contributed by atoms with E-state index in [9.17, 15) is 4.79 Å². The van der Waals surface area contributed by atoms with Crippen LogP contribution < -0.4 is 10.3 Å². The summed E-state index contributed by atoms with van der Waals surface area (Å²) >= 11 is 0. The molecule has 0 bridgehead atoms. The molecule has 1 aliphatic rings. The molecule has 3 heterocycles. The summed E-state index contributed by atoms with van der Waals surface area (Å²) in [6, 6.07) is 18.3. The third kappa shape index (κ3) is 4.65. The van der Waals surface area contributed by atoms with Gasteiger partial charge in [0, 0.05) is 53.0 Å². The number of pyridine rings is 2. The molecule has 1 saturated carbocycles. The molecule has 6 heteroatoms. The molecule has 0 spiro atoms. The van der Waals surface area contributed by atoms with Crippen LogP contribution in [0.2, 0.25) is 0 Å². The van der Waals surface area contributed by atoms with Gasteiger partial charge in [0.25, 0.3) is 5.56 Å². The summed E-state index contributed by atoms with van der Waals surface area (Å²) in [5.74, 6) is 1.34. The van der Waals surface area contributed by atoms with Crippen molar-refractivity contribution in [2.24, 2.45) is 13.0 Å². The zero-order valence-electron chi connectivity index (χ0n) is 19.3. The maximum Gasteiger partial charge on any atom is 0.269 e. The highest BCUT2D eigenvalue weighted by molar-refractivity contribution is 5.78. The van der Waals surface area contributed by atoms with Crippen molar-refractivity contribution in [3.8, 4) is 5.88 Å². The fourth-order valence-corrected chi connectivity index (χ4v) is 4.41. The third-order valence-electron chi connectivity index (χ3n) is 6.48. The van der Waals surface area contributed by atoms with Gasteiger partial charge in [0.2, 0.25) is 5.88 Å². The van der Waals surface area contributed by atoms with Gasteiger partial charge in [0.05, 0.1) is 12.1 Å². The zero-order chi connectivity index (χ0) is 22.9. The van der Waals surface area contributed by atoms with Gasteiger partial charge >= 0.3 is 0 Å². The van der Waals surface area contributed by atoms with E-state index in [0.29, 0.717) is 36.3 Å². The number of hydrogen-bond donors (Lipinski definition) is 0. The summed E-state index contributed by atoms with van der Waals surface area (Å²) in [6.07, 6.45) is 2.45. The number of ether oxygens (including phenoxy) is 1. The van der Waals surface area contributed by atoms with Gasteiger partial charge in [-0.2, -0.15) is 0 Å². The van der Waals surface area contributed by atoms with E-state index in [-0.39, 0.29) is 5.56 Å². The van der Waals surface area contributed by atoms with Crippen LogP contribution in [0.3, 0.4) is 0 Å². The van der Waals surface area contributed by atoms with E-state index in [1.807, 2.05) is 32.0 Å². The van der Waals surface area contributed by atoms with E-state index in [4.69, 9.17) is 9.72 Å². The highest BCUT2D eigenvalue weighted by Gasteiger charge is 2.40. The molecule has 5 rings (SSSR count). The Hall–Kier alpha value is -3.54. The highest BCUT2D eigenvalue weighted by Crippen LogP contribution is 2.47. The van der Waals surface area contributed by atoms with Crippen LogP contribution in [-0.2, 0) is 19.9 Å². The fourth-order valence-electron chi connectivity index (χ4n) is 4.41. The van der Waals surface area contributed by atoms with Crippen LogP contribution in [0, 0.1) is 19.8 Å². The second-order valence-corrected chi connectivity index (χ2v) is 8.98. The molecule has 1 aromatic carbocycles. The molecule has 33 heavy (non-hydrogen) atoms. The Morgan fingerprint density at radius 1 is 1.00 bits per heavy atom. The predicted molar refractivity (Wildman–Crippen MR) is 129 cm³/mol. The second-order valence-electron chi connectivity index (χ2n) is 8.98. The number of aryl methyl sites for hydroxylation is 5. The van der Waals surface area contributed by atoms with E-state index in [1.54, 1.807) is 13.1 Å². The second kappa shape index (κ2) is 8.77. The summed E-state index contributed by atoms with van der Waals surface area (Å²) in [5, 5.41) is 5.47. The lowest BCUT2D eigenvalue weighted by atomic mass is 10.0. The summed E-state index contributed by atoms with van der Waals surface area (Å²) < 4.78 is 7.40.